The molecule has 1 heterocycles. The molecule has 176 valence electrons. The lowest BCUT2D eigenvalue weighted by Gasteiger charge is -2.31. The molecule has 3 rings (SSSR count). The number of carbonyl (C=O) groups excluding carboxylic acids is 3. The Morgan fingerprint density at radius 2 is 1.79 bits per heavy atom. The van der Waals surface area contributed by atoms with Gasteiger partial charge in [-0.3, -0.25) is 14.4 Å². The highest BCUT2D eigenvalue weighted by Gasteiger charge is 2.30. The van der Waals surface area contributed by atoms with Crippen molar-refractivity contribution in [2.45, 2.75) is 26.2 Å². The summed E-state index contributed by atoms with van der Waals surface area (Å²) >= 11 is 0. The van der Waals surface area contributed by atoms with E-state index in [1.54, 1.807) is 6.92 Å². The van der Waals surface area contributed by atoms with Crippen molar-refractivity contribution in [2.75, 3.05) is 26.2 Å². The molecule has 0 spiro atoms. The van der Waals surface area contributed by atoms with E-state index in [1.165, 1.54) is 4.90 Å². The summed E-state index contributed by atoms with van der Waals surface area (Å²) in [4.78, 5) is 39.1. The third-order valence-corrected chi connectivity index (χ3v) is 5.78. The molecule has 1 N–H and O–H groups in total. The molecule has 1 atom stereocenters. The van der Waals surface area contributed by atoms with E-state index in [2.05, 4.69) is 5.32 Å². The van der Waals surface area contributed by atoms with Gasteiger partial charge < -0.3 is 15.0 Å². The minimum absolute atomic E-state index is 0.159. The maximum atomic E-state index is 13.9. The molecule has 1 aliphatic heterocycles. The number of esters is 1. The average Bonchev–Trinajstić information content (AvgIpc) is 2.82. The van der Waals surface area contributed by atoms with Crippen LogP contribution in [0.1, 0.15) is 35.7 Å². The van der Waals surface area contributed by atoms with Gasteiger partial charge in [0.25, 0.3) is 5.91 Å². The van der Waals surface area contributed by atoms with Gasteiger partial charge in [-0.05, 0) is 43.9 Å². The van der Waals surface area contributed by atoms with E-state index in [9.17, 15) is 23.2 Å². The number of nitrogens with zero attached hydrogens (tertiary/aromatic N) is 1. The first-order valence-electron chi connectivity index (χ1n) is 11.1. The number of rotatable bonds is 8. The summed E-state index contributed by atoms with van der Waals surface area (Å²) < 4.78 is 32.2. The van der Waals surface area contributed by atoms with Crippen LogP contribution in [-0.2, 0) is 20.7 Å². The van der Waals surface area contributed by atoms with Crippen molar-refractivity contribution in [3.8, 4) is 0 Å². The first-order valence-corrected chi connectivity index (χ1v) is 11.1. The van der Waals surface area contributed by atoms with Crippen molar-refractivity contribution >= 4 is 17.8 Å². The van der Waals surface area contributed by atoms with Crippen LogP contribution in [0.3, 0.4) is 0 Å². The summed E-state index contributed by atoms with van der Waals surface area (Å²) in [6, 6.07) is 12.4. The Hall–Kier alpha value is -3.29. The Bertz CT molecular complexity index is 976. The number of ether oxygens (including phenoxy) is 1. The molecule has 1 aliphatic rings. The lowest BCUT2D eigenvalue weighted by Crippen LogP contribution is -2.44. The first-order chi connectivity index (χ1) is 15.9. The van der Waals surface area contributed by atoms with Gasteiger partial charge in [-0.2, -0.15) is 0 Å². The van der Waals surface area contributed by atoms with Gasteiger partial charge in [0.2, 0.25) is 5.91 Å². The van der Waals surface area contributed by atoms with E-state index in [1.807, 2.05) is 30.3 Å². The molecule has 0 unspecified atom stereocenters. The summed E-state index contributed by atoms with van der Waals surface area (Å²) in [6.07, 6.45) is 1.29. The van der Waals surface area contributed by atoms with Crippen LogP contribution >= 0.6 is 0 Å². The number of benzene rings is 2. The standard InChI is InChI=1S/C25H28F2N2O4/c1-2-33-25(32)19(14-17-6-4-3-5-7-17)16-28-23(30)18-10-12-29(13-11-18)24(31)21-9-8-20(26)15-22(21)27/h3-9,15,18-19H,2,10-14,16H2,1H3,(H,28,30)/t19-/m1/s1. The predicted octanol–water partition coefficient (Wildman–Crippen LogP) is 3.36. The predicted molar refractivity (Wildman–Crippen MR) is 118 cm³/mol. The number of piperidine rings is 1. The fraction of sp³-hybridized carbons (Fsp3) is 0.400. The number of nitrogens with one attached hydrogen (secondary N) is 1. The maximum Gasteiger partial charge on any atom is 0.311 e. The fourth-order valence-corrected chi connectivity index (χ4v) is 3.94. The topological polar surface area (TPSA) is 75.7 Å². The van der Waals surface area contributed by atoms with Crippen molar-refractivity contribution in [3.63, 3.8) is 0 Å². The molecule has 2 aromatic rings. The van der Waals surface area contributed by atoms with Gasteiger partial charge in [-0.15, -0.1) is 0 Å². The molecule has 0 aromatic heterocycles. The number of hydrogen-bond donors (Lipinski definition) is 1. The summed E-state index contributed by atoms with van der Waals surface area (Å²) in [6.45, 7) is 2.74. The minimum Gasteiger partial charge on any atom is -0.466 e. The van der Waals surface area contributed by atoms with Crippen molar-refractivity contribution in [2.24, 2.45) is 11.8 Å². The molecule has 0 saturated carbocycles. The third kappa shape index (κ3) is 6.60. The molecule has 0 aliphatic carbocycles. The second-order valence-electron chi connectivity index (χ2n) is 8.07. The zero-order chi connectivity index (χ0) is 23.8. The summed E-state index contributed by atoms with van der Waals surface area (Å²) in [7, 11) is 0. The van der Waals surface area contributed by atoms with Crippen LogP contribution in [-0.4, -0.2) is 48.9 Å². The Morgan fingerprint density at radius 3 is 2.42 bits per heavy atom. The van der Waals surface area contributed by atoms with Crippen LogP contribution in [0.5, 0.6) is 0 Å². The number of amides is 2. The van der Waals surface area contributed by atoms with Gasteiger partial charge in [0, 0.05) is 31.6 Å². The Labute approximate surface area is 191 Å². The van der Waals surface area contributed by atoms with Crippen molar-refractivity contribution in [1.82, 2.24) is 10.2 Å². The molecule has 0 radical (unpaired) electrons. The van der Waals surface area contributed by atoms with Crippen LogP contribution in [0, 0.1) is 23.5 Å². The monoisotopic (exact) mass is 458 g/mol. The smallest absolute Gasteiger partial charge is 0.311 e. The Morgan fingerprint density at radius 1 is 1.09 bits per heavy atom. The van der Waals surface area contributed by atoms with Gasteiger partial charge in [0.15, 0.2) is 0 Å². The molecule has 1 fully saturated rings. The van der Waals surface area contributed by atoms with Gasteiger partial charge >= 0.3 is 5.97 Å². The van der Waals surface area contributed by atoms with E-state index < -0.39 is 23.5 Å². The van der Waals surface area contributed by atoms with Crippen molar-refractivity contribution in [1.29, 1.82) is 0 Å². The van der Waals surface area contributed by atoms with E-state index in [4.69, 9.17) is 4.74 Å². The van der Waals surface area contributed by atoms with Crippen LogP contribution < -0.4 is 5.32 Å². The molecule has 33 heavy (non-hydrogen) atoms. The summed E-state index contributed by atoms with van der Waals surface area (Å²) in [5.41, 5.74) is 0.794. The molecule has 8 heteroatoms. The minimum atomic E-state index is -0.900. The molecule has 0 bridgehead atoms. The van der Waals surface area contributed by atoms with E-state index in [0.717, 1.165) is 17.7 Å². The van der Waals surface area contributed by atoms with E-state index >= 15 is 0 Å². The largest absolute Gasteiger partial charge is 0.466 e. The van der Waals surface area contributed by atoms with E-state index in [-0.39, 0.29) is 36.5 Å². The zero-order valence-electron chi connectivity index (χ0n) is 18.6. The Balaban J connectivity index is 1.53. The molecular weight excluding hydrogens is 430 g/mol. The highest BCUT2D eigenvalue weighted by atomic mass is 19.1. The quantitative estimate of drug-likeness (QED) is 0.616. The molecule has 6 nitrogen and oxygen atoms in total. The number of likely N-dealkylation sites (tertiary alicyclic amines) is 1. The van der Waals surface area contributed by atoms with E-state index in [0.29, 0.717) is 38.4 Å². The first kappa shape index (κ1) is 24.4. The molecular formula is C25H28F2N2O4. The van der Waals surface area contributed by atoms with Crippen LogP contribution in [0.15, 0.2) is 48.5 Å². The number of halogens is 2. The molecule has 2 amide bonds. The van der Waals surface area contributed by atoms with Crippen LogP contribution in [0.4, 0.5) is 8.78 Å². The van der Waals surface area contributed by atoms with Crippen molar-refractivity contribution < 1.29 is 27.9 Å². The molecule has 1 saturated heterocycles. The highest BCUT2D eigenvalue weighted by molar-refractivity contribution is 5.94. The number of hydrogen-bond acceptors (Lipinski definition) is 4. The third-order valence-electron chi connectivity index (χ3n) is 5.78. The average molecular weight is 459 g/mol. The number of carbonyl (C=O) groups is 3. The lowest BCUT2D eigenvalue weighted by atomic mass is 9.94. The van der Waals surface area contributed by atoms with Gasteiger partial charge in [-0.1, -0.05) is 30.3 Å². The zero-order valence-corrected chi connectivity index (χ0v) is 18.6. The van der Waals surface area contributed by atoms with Gasteiger partial charge in [0.05, 0.1) is 18.1 Å². The van der Waals surface area contributed by atoms with Crippen LogP contribution in [0.25, 0.3) is 0 Å². The summed E-state index contributed by atoms with van der Waals surface area (Å²) in [5.74, 6) is -3.51. The Kier molecular flexibility index (Phi) is 8.52. The summed E-state index contributed by atoms with van der Waals surface area (Å²) in [5, 5.41) is 2.86. The normalized spacial score (nSPS) is 15.1. The lowest BCUT2D eigenvalue weighted by molar-refractivity contribution is -0.148. The second kappa shape index (κ2) is 11.5. The maximum absolute atomic E-state index is 13.9. The molecule has 2 aromatic carbocycles. The second-order valence-corrected chi connectivity index (χ2v) is 8.07. The van der Waals surface area contributed by atoms with Crippen molar-refractivity contribution in [3.05, 3.63) is 71.3 Å². The SMILES string of the molecule is CCOC(=O)[C@@H](CNC(=O)C1CCN(C(=O)c2ccc(F)cc2F)CC1)Cc1ccccc1. The van der Waals surface area contributed by atoms with Crippen LogP contribution in [0.2, 0.25) is 0 Å². The fourth-order valence-electron chi connectivity index (χ4n) is 3.94. The van der Waals surface area contributed by atoms with Gasteiger partial charge in [-0.25, -0.2) is 8.78 Å². The van der Waals surface area contributed by atoms with Gasteiger partial charge in [0.1, 0.15) is 11.6 Å². The highest BCUT2D eigenvalue weighted by Crippen LogP contribution is 2.21.